The smallest absolute Gasteiger partial charge is 0.329 e. The number of nitrogens with zero attached hydrogens (tertiary/aromatic N) is 1. The molecule has 0 spiro atoms. The second-order valence-electron chi connectivity index (χ2n) is 5.85. The maximum atomic E-state index is 13.1. The first-order valence-electron chi connectivity index (χ1n) is 7.85. The Balaban J connectivity index is 1.97. The number of benzene rings is 2. The van der Waals surface area contributed by atoms with Crippen LogP contribution in [0, 0.1) is 6.92 Å². The van der Waals surface area contributed by atoms with Gasteiger partial charge in [0.05, 0.1) is 7.11 Å². The highest BCUT2D eigenvalue weighted by Gasteiger charge is 2.43. The molecule has 0 aromatic heterocycles. The van der Waals surface area contributed by atoms with E-state index in [4.69, 9.17) is 16.3 Å². The van der Waals surface area contributed by atoms with Crippen molar-refractivity contribution in [3.63, 3.8) is 0 Å². The average Bonchev–Trinajstić information content (AvgIpc) is 3.06. The minimum atomic E-state index is -0.607. The predicted octanol–water partition coefficient (Wildman–Crippen LogP) is 4.08. The molecule has 25 heavy (non-hydrogen) atoms. The van der Waals surface area contributed by atoms with Gasteiger partial charge in [0, 0.05) is 16.3 Å². The third kappa shape index (κ3) is 3.67. The van der Waals surface area contributed by atoms with Crippen molar-refractivity contribution in [2.75, 3.05) is 12.9 Å². The highest BCUT2D eigenvalue weighted by Crippen LogP contribution is 2.42. The summed E-state index contributed by atoms with van der Waals surface area (Å²) >= 11 is 7.52. The number of ether oxygens (including phenoxy) is 1. The summed E-state index contributed by atoms with van der Waals surface area (Å²) in [6.07, 6.45) is 0. The molecule has 1 aliphatic heterocycles. The number of aryl methyl sites for hydroxylation is 1. The fraction of sp³-hybridized carbons (Fsp3) is 0.263. The molecular weight excluding hydrogens is 358 g/mol. The second-order valence-corrected chi connectivity index (χ2v) is 7.40. The van der Waals surface area contributed by atoms with Gasteiger partial charge in [-0.1, -0.05) is 41.4 Å². The molecule has 1 aliphatic rings. The lowest BCUT2D eigenvalue weighted by molar-refractivity contribution is -0.145. The third-order valence-electron chi connectivity index (χ3n) is 4.16. The van der Waals surface area contributed by atoms with E-state index in [0.717, 1.165) is 11.1 Å². The fourth-order valence-electron chi connectivity index (χ4n) is 2.80. The van der Waals surface area contributed by atoms with Crippen LogP contribution in [0.4, 0.5) is 0 Å². The number of hydrogen-bond acceptors (Lipinski definition) is 4. The number of carbonyl (C=O) groups is 2. The van der Waals surface area contributed by atoms with E-state index in [1.54, 1.807) is 40.9 Å². The maximum absolute atomic E-state index is 13.1. The topological polar surface area (TPSA) is 46.6 Å². The number of esters is 1. The van der Waals surface area contributed by atoms with Crippen molar-refractivity contribution in [3.05, 3.63) is 70.2 Å². The van der Waals surface area contributed by atoms with Crippen molar-refractivity contribution in [1.82, 2.24) is 4.90 Å². The van der Waals surface area contributed by atoms with Crippen LogP contribution in [0.15, 0.2) is 48.5 Å². The molecule has 2 atom stereocenters. The molecule has 0 saturated carbocycles. The summed E-state index contributed by atoms with van der Waals surface area (Å²) in [5.74, 6) is -0.0813. The first kappa shape index (κ1) is 17.8. The van der Waals surface area contributed by atoms with E-state index in [1.165, 1.54) is 7.11 Å². The number of rotatable bonds is 3. The predicted molar refractivity (Wildman–Crippen MR) is 99.8 cm³/mol. The van der Waals surface area contributed by atoms with Gasteiger partial charge in [-0.15, -0.1) is 11.8 Å². The molecule has 2 aromatic rings. The largest absolute Gasteiger partial charge is 0.467 e. The molecule has 1 heterocycles. The summed E-state index contributed by atoms with van der Waals surface area (Å²) in [4.78, 5) is 26.9. The minimum absolute atomic E-state index is 0.180. The molecule has 0 aliphatic carbocycles. The Morgan fingerprint density at radius 1 is 1.12 bits per heavy atom. The van der Waals surface area contributed by atoms with Crippen LogP contribution >= 0.6 is 23.4 Å². The van der Waals surface area contributed by atoms with Gasteiger partial charge < -0.3 is 9.64 Å². The summed E-state index contributed by atoms with van der Waals surface area (Å²) < 4.78 is 4.91. The van der Waals surface area contributed by atoms with Gasteiger partial charge in [0.15, 0.2) is 0 Å². The molecule has 0 bridgehead atoms. The van der Waals surface area contributed by atoms with Crippen LogP contribution in [0.5, 0.6) is 0 Å². The fourth-order valence-corrected chi connectivity index (χ4v) is 4.34. The van der Waals surface area contributed by atoms with Gasteiger partial charge in [0.1, 0.15) is 11.4 Å². The quantitative estimate of drug-likeness (QED) is 0.758. The monoisotopic (exact) mass is 375 g/mol. The first-order valence-corrected chi connectivity index (χ1v) is 9.28. The highest BCUT2D eigenvalue weighted by atomic mass is 35.5. The molecule has 3 rings (SSSR count). The van der Waals surface area contributed by atoms with E-state index in [2.05, 4.69) is 0 Å². The standard InChI is InChI=1S/C19H18ClNO3S/c1-12-3-5-13(6-4-12)17(22)21-16(19(23)24-2)11-25-18(21)14-7-9-15(20)10-8-14/h3-10,16,18H,11H2,1-2H3/t16-,18+/m0/s1. The van der Waals surface area contributed by atoms with Crippen LogP contribution in [0.2, 0.25) is 5.02 Å². The van der Waals surface area contributed by atoms with Gasteiger partial charge in [-0.25, -0.2) is 4.79 Å². The van der Waals surface area contributed by atoms with Gasteiger partial charge in [-0.05, 0) is 36.8 Å². The van der Waals surface area contributed by atoms with Crippen LogP contribution in [0.1, 0.15) is 26.9 Å². The van der Waals surface area contributed by atoms with Crippen molar-refractivity contribution < 1.29 is 14.3 Å². The van der Waals surface area contributed by atoms with Crippen LogP contribution < -0.4 is 0 Å². The molecular formula is C19H18ClNO3S. The van der Waals surface area contributed by atoms with E-state index in [1.807, 2.05) is 31.2 Å². The Bertz CT molecular complexity index is 776. The molecule has 130 valence electrons. The number of carbonyl (C=O) groups excluding carboxylic acids is 2. The van der Waals surface area contributed by atoms with Crippen molar-refractivity contribution in [2.24, 2.45) is 0 Å². The number of amides is 1. The molecule has 1 amide bonds. The average molecular weight is 376 g/mol. The van der Waals surface area contributed by atoms with Crippen molar-refractivity contribution in [1.29, 1.82) is 0 Å². The molecule has 0 radical (unpaired) electrons. The van der Waals surface area contributed by atoms with Crippen LogP contribution in [-0.4, -0.2) is 35.7 Å². The van der Waals surface area contributed by atoms with E-state index in [9.17, 15) is 9.59 Å². The lowest BCUT2D eigenvalue weighted by atomic mass is 10.1. The van der Waals surface area contributed by atoms with E-state index in [-0.39, 0.29) is 11.3 Å². The Labute approximate surface area is 156 Å². The zero-order chi connectivity index (χ0) is 18.0. The number of halogens is 1. The third-order valence-corrected chi connectivity index (χ3v) is 5.74. The molecule has 4 nitrogen and oxygen atoms in total. The van der Waals surface area contributed by atoms with Gasteiger partial charge in [-0.3, -0.25) is 4.79 Å². The highest BCUT2D eigenvalue weighted by molar-refractivity contribution is 7.99. The SMILES string of the molecule is COC(=O)[C@@H]1CS[C@H](c2ccc(Cl)cc2)N1C(=O)c1ccc(C)cc1. The summed E-state index contributed by atoms with van der Waals surface area (Å²) in [7, 11) is 1.34. The number of hydrogen-bond donors (Lipinski definition) is 0. The van der Waals surface area contributed by atoms with Gasteiger partial charge >= 0.3 is 5.97 Å². The first-order chi connectivity index (χ1) is 12.0. The van der Waals surface area contributed by atoms with Gasteiger partial charge in [0.2, 0.25) is 0 Å². The van der Waals surface area contributed by atoms with E-state index in [0.29, 0.717) is 16.3 Å². The van der Waals surface area contributed by atoms with Crippen LogP contribution in [-0.2, 0) is 9.53 Å². The number of thioether (sulfide) groups is 1. The summed E-state index contributed by atoms with van der Waals surface area (Å²) in [6.45, 7) is 1.97. The lowest BCUT2D eigenvalue weighted by Crippen LogP contribution is -2.43. The molecule has 1 fully saturated rings. The molecule has 0 N–H and O–H groups in total. The van der Waals surface area contributed by atoms with Crippen molar-refractivity contribution in [2.45, 2.75) is 18.3 Å². The van der Waals surface area contributed by atoms with Gasteiger partial charge in [0.25, 0.3) is 5.91 Å². The van der Waals surface area contributed by atoms with E-state index >= 15 is 0 Å². The molecule has 0 unspecified atom stereocenters. The molecule has 6 heteroatoms. The lowest BCUT2D eigenvalue weighted by Gasteiger charge is -2.28. The Morgan fingerprint density at radius 2 is 1.76 bits per heavy atom. The van der Waals surface area contributed by atoms with Crippen molar-refractivity contribution >= 4 is 35.2 Å². The Kier molecular flexibility index (Phi) is 5.35. The number of methoxy groups -OCH3 is 1. The molecule has 2 aromatic carbocycles. The summed E-state index contributed by atoms with van der Waals surface area (Å²) in [6, 6.07) is 14.1. The van der Waals surface area contributed by atoms with E-state index < -0.39 is 12.0 Å². The summed E-state index contributed by atoms with van der Waals surface area (Å²) in [5.41, 5.74) is 2.56. The second kappa shape index (κ2) is 7.50. The Morgan fingerprint density at radius 3 is 2.36 bits per heavy atom. The zero-order valence-corrected chi connectivity index (χ0v) is 15.5. The summed E-state index contributed by atoms with van der Waals surface area (Å²) in [5, 5.41) is 0.378. The van der Waals surface area contributed by atoms with Crippen molar-refractivity contribution in [3.8, 4) is 0 Å². The normalized spacial score (nSPS) is 19.7. The maximum Gasteiger partial charge on any atom is 0.329 e. The minimum Gasteiger partial charge on any atom is -0.467 e. The Hall–Kier alpha value is -1.98. The van der Waals surface area contributed by atoms with Crippen LogP contribution in [0.25, 0.3) is 0 Å². The van der Waals surface area contributed by atoms with Gasteiger partial charge in [-0.2, -0.15) is 0 Å². The zero-order valence-electron chi connectivity index (χ0n) is 13.9. The van der Waals surface area contributed by atoms with Crippen LogP contribution in [0.3, 0.4) is 0 Å². The molecule has 1 saturated heterocycles.